The highest BCUT2D eigenvalue weighted by Gasteiger charge is 2.47. The van der Waals surface area contributed by atoms with E-state index in [1.54, 1.807) is 0 Å². The second-order valence-corrected chi connectivity index (χ2v) is 6.77. The van der Waals surface area contributed by atoms with Crippen LogP contribution >= 0.6 is 0 Å². The van der Waals surface area contributed by atoms with Gasteiger partial charge in [-0.15, -0.1) is 0 Å². The monoisotopic (exact) mass is 281 g/mol. The highest BCUT2D eigenvalue weighted by atomic mass is 16.6. The van der Waals surface area contributed by atoms with Crippen LogP contribution in [0.1, 0.15) is 45.4 Å². The van der Waals surface area contributed by atoms with Crippen LogP contribution in [-0.4, -0.2) is 44.3 Å². The second kappa shape index (κ2) is 5.74. The van der Waals surface area contributed by atoms with Crippen molar-refractivity contribution in [3.63, 3.8) is 0 Å². The van der Waals surface area contributed by atoms with Crippen molar-refractivity contribution < 1.29 is 14.3 Å². The number of ketones is 1. The Morgan fingerprint density at radius 3 is 2.70 bits per heavy atom. The van der Waals surface area contributed by atoms with Crippen LogP contribution in [0.2, 0.25) is 0 Å². The molecule has 0 saturated carbocycles. The molecule has 2 atom stereocenters. The van der Waals surface area contributed by atoms with E-state index < -0.39 is 0 Å². The first-order valence-electron chi connectivity index (χ1n) is 8.16. The maximum Gasteiger partial charge on any atom is 0.142 e. The zero-order valence-electron chi connectivity index (χ0n) is 12.6. The van der Waals surface area contributed by atoms with Gasteiger partial charge < -0.3 is 14.8 Å². The van der Waals surface area contributed by atoms with E-state index in [1.807, 2.05) is 0 Å². The molecule has 3 heterocycles. The van der Waals surface area contributed by atoms with E-state index in [2.05, 4.69) is 12.2 Å². The van der Waals surface area contributed by atoms with Crippen LogP contribution in [0, 0.1) is 11.3 Å². The number of carbonyl (C=O) groups excluding carboxylic acids is 1. The Kier molecular flexibility index (Phi) is 4.16. The van der Waals surface area contributed by atoms with Crippen molar-refractivity contribution in [3.8, 4) is 0 Å². The Bertz CT molecular complexity index is 357. The first-order chi connectivity index (χ1) is 9.70. The molecule has 1 spiro atoms. The average Bonchev–Trinajstić information content (AvgIpc) is 2.95. The molecule has 114 valence electrons. The number of carbonyl (C=O) groups is 1. The summed E-state index contributed by atoms with van der Waals surface area (Å²) in [6.45, 7) is 6.32. The molecule has 0 amide bonds. The Morgan fingerprint density at radius 1 is 1.25 bits per heavy atom. The normalized spacial score (nSPS) is 37.1. The molecule has 0 bridgehead atoms. The lowest BCUT2D eigenvalue weighted by molar-refractivity contribution is -0.147. The highest BCUT2D eigenvalue weighted by Crippen LogP contribution is 2.42. The fraction of sp³-hybridized carbons (Fsp3) is 0.938. The van der Waals surface area contributed by atoms with Gasteiger partial charge in [0.2, 0.25) is 0 Å². The third-order valence-electron chi connectivity index (χ3n) is 5.69. The maximum atomic E-state index is 13.1. The summed E-state index contributed by atoms with van der Waals surface area (Å²) in [4.78, 5) is 13.1. The second-order valence-electron chi connectivity index (χ2n) is 6.77. The van der Waals surface area contributed by atoms with Gasteiger partial charge in [-0.1, -0.05) is 6.92 Å². The summed E-state index contributed by atoms with van der Waals surface area (Å²) in [5.74, 6) is 0.694. The zero-order chi connectivity index (χ0) is 14.1. The van der Waals surface area contributed by atoms with E-state index in [0.717, 1.165) is 64.8 Å². The van der Waals surface area contributed by atoms with E-state index in [4.69, 9.17) is 9.47 Å². The van der Waals surface area contributed by atoms with Crippen molar-refractivity contribution in [1.29, 1.82) is 0 Å². The topological polar surface area (TPSA) is 47.6 Å². The Balaban J connectivity index is 1.72. The van der Waals surface area contributed by atoms with Crippen LogP contribution in [-0.2, 0) is 14.3 Å². The van der Waals surface area contributed by atoms with Crippen LogP contribution in [0.3, 0.4) is 0 Å². The molecule has 3 aliphatic heterocycles. The summed E-state index contributed by atoms with van der Waals surface area (Å²) in [7, 11) is 0. The van der Waals surface area contributed by atoms with E-state index in [-0.39, 0.29) is 16.9 Å². The molecule has 3 aliphatic rings. The molecule has 4 heteroatoms. The fourth-order valence-electron chi connectivity index (χ4n) is 4.23. The van der Waals surface area contributed by atoms with Gasteiger partial charge in [-0.2, -0.15) is 0 Å². The van der Waals surface area contributed by atoms with Gasteiger partial charge in [-0.3, -0.25) is 4.79 Å². The van der Waals surface area contributed by atoms with E-state index in [9.17, 15) is 4.79 Å². The van der Waals surface area contributed by atoms with Gasteiger partial charge in [0.15, 0.2) is 0 Å². The summed E-state index contributed by atoms with van der Waals surface area (Å²) >= 11 is 0. The summed E-state index contributed by atoms with van der Waals surface area (Å²) in [5, 5.41) is 3.38. The molecule has 0 aromatic heterocycles. The molecular weight excluding hydrogens is 254 g/mol. The number of ether oxygens (including phenoxy) is 2. The van der Waals surface area contributed by atoms with Crippen LogP contribution in [0.15, 0.2) is 0 Å². The molecule has 1 N–H and O–H groups in total. The number of piperidine rings is 1. The molecule has 0 aliphatic carbocycles. The number of hydrogen-bond donors (Lipinski definition) is 1. The molecule has 20 heavy (non-hydrogen) atoms. The molecule has 3 rings (SSSR count). The largest absolute Gasteiger partial charge is 0.378 e. The highest BCUT2D eigenvalue weighted by molar-refractivity contribution is 5.87. The van der Waals surface area contributed by atoms with Gasteiger partial charge in [-0.25, -0.2) is 0 Å². The quantitative estimate of drug-likeness (QED) is 0.858. The van der Waals surface area contributed by atoms with Crippen molar-refractivity contribution >= 4 is 5.78 Å². The molecule has 2 unspecified atom stereocenters. The molecule has 0 aromatic carbocycles. The van der Waals surface area contributed by atoms with Crippen molar-refractivity contribution in [1.82, 2.24) is 5.32 Å². The van der Waals surface area contributed by atoms with Gasteiger partial charge in [0.25, 0.3) is 0 Å². The smallest absolute Gasteiger partial charge is 0.142 e. The SMILES string of the molecule is CCC1(C(=O)C2CCOC3(CCOC3)C2)CCNCC1. The minimum absolute atomic E-state index is 0.0755. The lowest BCUT2D eigenvalue weighted by Gasteiger charge is -2.42. The van der Waals surface area contributed by atoms with Crippen molar-refractivity contribution in [2.45, 2.75) is 51.0 Å². The van der Waals surface area contributed by atoms with E-state index in [1.165, 1.54) is 0 Å². The molecule has 0 radical (unpaired) electrons. The Hall–Kier alpha value is -0.450. The predicted molar refractivity (Wildman–Crippen MR) is 76.7 cm³/mol. The van der Waals surface area contributed by atoms with Gasteiger partial charge in [0.05, 0.1) is 12.2 Å². The molecule has 3 fully saturated rings. The summed E-state index contributed by atoms with van der Waals surface area (Å²) in [5.41, 5.74) is -0.228. The third-order valence-corrected chi connectivity index (χ3v) is 5.69. The van der Waals surface area contributed by atoms with Crippen molar-refractivity contribution in [2.75, 3.05) is 32.9 Å². The number of rotatable bonds is 3. The van der Waals surface area contributed by atoms with Gasteiger partial charge in [0.1, 0.15) is 5.78 Å². The van der Waals surface area contributed by atoms with Gasteiger partial charge in [0, 0.05) is 31.0 Å². The maximum absolute atomic E-state index is 13.1. The Labute approximate surface area is 121 Å². The summed E-state index contributed by atoms with van der Waals surface area (Å²) in [6.07, 6.45) is 5.72. The number of Topliss-reactive ketones (excluding diaryl/α,β-unsaturated/α-hetero) is 1. The predicted octanol–water partition coefficient (Wildman–Crippen LogP) is 1.92. The number of hydrogen-bond acceptors (Lipinski definition) is 4. The van der Waals surface area contributed by atoms with Gasteiger partial charge in [-0.05, 0) is 45.2 Å². The van der Waals surface area contributed by atoms with E-state index in [0.29, 0.717) is 12.4 Å². The lowest BCUT2D eigenvalue weighted by Crippen LogP contribution is -2.49. The minimum Gasteiger partial charge on any atom is -0.378 e. The minimum atomic E-state index is -0.152. The van der Waals surface area contributed by atoms with Crippen LogP contribution in [0.5, 0.6) is 0 Å². The number of nitrogens with one attached hydrogen (secondary N) is 1. The van der Waals surface area contributed by atoms with Crippen LogP contribution in [0.25, 0.3) is 0 Å². The molecule has 3 saturated heterocycles. The Morgan fingerprint density at radius 2 is 2.05 bits per heavy atom. The lowest BCUT2D eigenvalue weighted by atomic mass is 9.67. The van der Waals surface area contributed by atoms with Crippen molar-refractivity contribution in [3.05, 3.63) is 0 Å². The molecular formula is C16H27NO3. The zero-order valence-corrected chi connectivity index (χ0v) is 12.6. The first kappa shape index (κ1) is 14.5. The molecule has 4 nitrogen and oxygen atoms in total. The van der Waals surface area contributed by atoms with Crippen molar-refractivity contribution in [2.24, 2.45) is 11.3 Å². The third kappa shape index (κ3) is 2.53. The standard InChI is InChI=1S/C16H27NO3/c1-2-15(4-7-17-8-5-15)14(18)13-3-9-20-16(11-13)6-10-19-12-16/h13,17H,2-12H2,1H3. The van der Waals surface area contributed by atoms with Gasteiger partial charge >= 0.3 is 0 Å². The average molecular weight is 281 g/mol. The van der Waals surface area contributed by atoms with Crippen LogP contribution in [0.4, 0.5) is 0 Å². The van der Waals surface area contributed by atoms with E-state index >= 15 is 0 Å². The first-order valence-corrected chi connectivity index (χ1v) is 8.16. The van der Waals surface area contributed by atoms with Crippen LogP contribution < -0.4 is 5.32 Å². The summed E-state index contributed by atoms with van der Waals surface area (Å²) < 4.78 is 11.5. The molecule has 0 aromatic rings. The summed E-state index contributed by atoms with van der Waals surface area (Å²) in [6, 6.07) is 0. The fourth-order valence-corrected chi connectivity index (χ4v) is 4.23.